The monoisotopic (exact) mass is 731 g/mol. The molecule has 5 aromatic rings. The smallest absolute Gasteiger partial charge is 0.362 e. The lowest BCUT2D eigenvalue weighted by Crippen LogP contribution is -2.46. The third kappa shape index (κ3) is 9.80. The predicted molar refractivity (Wildman–Crippen MR) is 199 cm³/mol. The van der Waals surface area contributed by atoms with Crippen molar-refractivity contribution < 1.29 is 26.3 Å². The van der Waals surface area contributed by atoms with E-state index in [2.05, 4.69) is 88.3 Å². The minimum atomic E-state index is -4.95. The van der Waals surface area contributed by atoms with Gasteiger partial charge in [0.25, 0.3) is 0 Å². The Kier molecular flexibility index (Phi) is 11.7. The van der Waals surface area contributed by atoms with E-state index in [4.69, 9.17) is 12.2 Å². The molecule has 10 heteroatoms. The molecule has 1 saturated carbocycles. The summed E-state index contributed by atoms with van der Waals surface area (Å²) >= 11 is 5.40. The van der Waals surface area contributed by atoms with Crippen LogP contribution in [0.2, 0.25) is 0 Å². The fourth-order valence-corrected chi connectivity index (χ4v) is 7.16. The number of thiocarbonyl (C=S) groups is 1. The molecule has 5 aromatic carbocycles. The van der Waals surface area contributed by atoms with Crippen molar-refractivity contribution in [3.63, 3.8) is 0 Å². The van der Waals surface area contributed by atoms with Crippen LogP contribution in [0.25, 0.3) is 22.3 Å². The van der Waals surface area contributed by atoms with Crippen LogP contribution in [-0.2, 0) is 25.4 Å². The van der Waals surface area contributed by atoms with E-state index in [0.717, 1.165) is 47.9 Å². The van der Waals surface area contributed by atoms with Crippen LogP contribution in [-0.4, -0.2) is 22.6 Å². The van der Waals surface area contributed by atoms with Crippen LogP contribution in [0.3, 0.4) is 0 Å². The van der Waals surface area contributed by atoms with Crippen molar-refractivity contribution in [2.24, 2.45) is 5.92 Å². The van der Waals surface area contributed by atoms with E-state index in [9.17, 15) is 26.3 Å². The molecule has 1 fully saturated rings. The minimum Gasteiger partial charge on any atom is -0.362 e. The van der Waals surface area contributed by atoms with Crippen LogP contribution in [0.5, 0.6) is 0 Å². The van der Waals surface area contributed by atoms with Gasteiger partial charge in [0.1, 0.15) is 0 Å². The van der Waals surface area contributed by atoms with Crippen LogP contribution < -0.4 is 10.6 Å². The molecule has 0 heterocycles. The molecule has 2 N–H and O–H groups in total. The predicted octanol–water partition coefficient (Wildman–Crippen LogP) is 11.6. The summed E-state index contributed by atoms with van der Waals surface area (Å²) in [6.07, 6.45) is -6.00. The number of hydrogen-bond donors (Lipinski definition) is 2. The number of nitrogens with zero attached hydrogens (tertiary/aromatic N) is 1. The molecule has 0 saturated heterocycles. The van der Waals surface area contributed by atoms with Gasteiger partial charge in [-0.05, 0) is 82.6 Å². The van der Waals surface area contributed by atoms with Crippen molar-refractivity contribution in [1.29, 1.82) is 0 Å². The average Bonchev–Trinajstić information content (AvgIpc) is 3.14. The standard InChI is InChI=1S/C42H39F6N3S/c43-41(44,45)36-23-37(42(46,47)48)25-38(24-36)50-40(52)49-26-35-13-7-8-14-39(35)51(27-29-15-19-33(20-16-29)31-9-3-1-4-10-31)28-30-17-21-34(22-18-30)32-11-5-2-6-12-32/h1-6,9-12,15-25,35,39H,7-8,13-14,26-28H2,(H2,49,50,52)/t35-,39+/m0/s1. The lowest BCUT2D eigenvalue weighted by atomic mass is 9.83. The first-order valence-corrected chi connectivity index (χ1v) is 17.7. The highest BCUT2D eigenvalue weighted by Gasteiger charge is 2.37. The van der Waals surface area contributed by atoms with Gasteiger partial charge in [0.2, 0.25) is 0 Å². The van der Waals surface area contributed by atoms with Gasteiger partial charge in [-0.15, -0.1) is 0 Å². The Bertz CT molecular complexity index is 1790. The molecule has 0 amide bonds. The zero-order valence-corrected chi connectivity index (χ0v) is 29.2. The molecule has 0 aromatic heterocycles. The second-order valence-electron chi connectivity index (χ2n) is 13.3. The number of nitrogens with one attached hydrogen (secondary N) is 2. The summed E-state index contributed by atoms with van der Waals surface area (Å²) < 4.78 is 80.7. The maximum atomic E-state index is 13.4. The fraction of sp³-hybridized carbons (Fsp3) is 0.262. The van der Waals surface area contributed by atoms with Crippen molar-refractivity contribution >= 4 is 23.0 Å². The molecule has 270 valence electrons. The molecule has 0 unspecified atom stereocenters. The SMILES string of the molecule is FC(F)(F)c1cc(NC(=S)NC[C@@H]2CCCC[C@H]2N(Cc2ccc(-c3ccccc3)cc2)Cc2ccc(-c3ccccc3)cc2)cc(C(F)(F)F)c1. The summed E-state index contributed by atoms with van der Waals surface area (Å²) in [5.74, 6) is 0.132. The van der Waals surface area contributed by atoms with E-state index in [-0.39, 0.29) is 28.8 Å². The molecule has 0 spiro atoms. The summed E-state index contributed by atoms with van der Waals surface area (Å²) in [5, 5.41) is 5.66. The van der Waals surface area contributed by atoms with E-state index >= 15 is 0 Å². The van der Waals surface area contributed by atoms with E-state index in [0.29, 0.717) is 31.8 Å². The zero-order chi connectivity index (χ0) is 36.7. The molecule has 0 bridgehead atoms. The van der Waals surface area contributed by atoms with Gasteiger partial charge >= 0.3 is 12.4 Å². The molecule has 2 atom stereocenters. The van der Waals surface area contributed by atoms with E-state index in [1.165, 1.54) is 11.1 Å². The molecule has 0 aliphatic heterocycles. The quantitative estimate of drug-likeness (QED) is 0.110. The number of halogens is 6. The Morgan fingerprint density at radius 2 is 1.04 bits per heavy atom. The third-order valence-corrected chi connectivity index (χ3v) is 9.85. The normalized spacial score (nSPS) is 16.4. The van der Waals surface area contributed by atoms with Gasteiger partial charge in [0.15, 0.2) is 5.11 Å². The molecule has 3 nitrogen and oxygen atoms in total. The van der Waals surface area contributed by atoms with Crippen LogP contribution in [0.1, 0.15) is 47.9 Å². The largest absolute Gasteiger partial charge is 0.416 e. The van der Waals surface area contributed by atoms with E-state index in [1.807, 2.05) is 36.4 Å². The Morgan fingerprint density at radius 1 is 0.596 bits per heavy atom. The van der Waals surface area contributed by atoms with Crippen molar-refractivity contribution in [3.8, 4) is 22.3 Å². The molecule has 52 heavy (non-hydrogen) atoms. The van der Waals surface area contributed by atoms with Crippen molar-refractivity contribution in [2.45, 2.75) is 57.2 Å². The van der Waals surface area contributed by atoms with Crippen LogP contribution in [0.4, 0.5) is 32.0 Å². The average molecular weight is 732 g/mol. The van der Waals surface area contributed by atoms with Crippen LogP contribution >= 0.6 is 12.2 Å². The number of anilines is 1. The Hall–Kier alpha value is -4.67. The topological polar surface area (TPSA) is 27.3 Å². The minimum absolute atomic E-state index is 0.0312. The second-order valence-corrected chi connectivity index (χ2v) is 13.7. The molecular formula is C42H39F6N3S. The van der Waals surface area contributed by atoms with Crippen LogP contribution in [0, 0.1) is 5.92 Å². The van der Waals surface area contributed by atoms with Crippen molar-refractivity contribution in [1.82, 2.24) is 10.2 Å². The van der Waals surface area contributed by atoms with Gasteiger partial charge in [0, 0.05) is 31.4 Å². The highest BCUT2D eigenvalue weighted by molar-refractivity contribution is 7.80. The summed E-state index contributed by atoms with van der Waals surface area (Å²) in [7, 11) is 0. The first kappa shape index (κ1) is 37.1. The Labute approximate surface area is 305 Å². The van der Waals surface area contributed by atoms with Crippen molar-refractivity contribution in [3.05, 3.63) is 150 Å². The summed E-state index contributed by atoms with van der Waals surface area (Å²) in [6, 6.07) is 39.1. The lowest BCUT2D eigenvalue weighted by molar-refractivity contribution is -0.143. The summed E-state index contributed by atoms with van der Waals surface area (Å²) in [4.78, 5) is 2.49. The number of alkyl halides is 6. The first-order chi connectivity index (χ1) is 24.9. The molecule has 0 radical (unpaired) electrons. The molecule has 1 aliphatic carbocycles. The van der Waals surface area contributed by atoms with Crippen LogP contribution in [0.15, 0.2) is 127 Å². The van der Waals surface area contributed by atoms with Gasteiger partial charge in [-0.1, -0.05) is 122 Å². The zero-order valence-electron chi connectivity index (χ0n) is 28.4. The molecular weight excluding hydrogens is 693 g/mol. The lowest BCUT2D eigenvalue weighted by Gasteiger charge is -2.40. The van der Waals surface area contributed by atoms with Gasteiger partial charge in [-0.2, -0.15) is 26.3 Å². The summed E-state index contributed by atoms with van der Waals surface area (Å²) in [6.45, 7) is 1.81. The van der Waals surface area contributed by atoms with E-state index in [1.54, 1.807) is 0 Å². The van der Waals surface area contributed by atoms with Crippen molar-refractivity contribution in [2.75, 3.05) is 11.9 Å². The second kappa shape index (κ2) is 16.3. The Morgan fingerprint density at radius 3 is 1.50 bits per heavy atom. The number of rotatable bonds is 10. The van der Waals surface area contributed by atoms with Gasteiger partial charge < -0.3 is 10.6 Å². The molecule has 1 aliphatic rings. The number of benzene rings is 5. The maximum Gasteiger partial charge on any atom is 0.416 e. The third-order valence-electron chi connectivity index (χ3n) is 9.60. The maximum absolute atomic E-state index is 13.4. The highest BCUT2D eigenvalue weighted by atomic mass is 32.1. The highest BCUT2D eigenvalue weighted by Crippen LogP contribution is 2.38. The van der Waals surface area contributed by atoms with Gasteiger partial charge in [0.05, 0.1) is 11.1 Å². The van der Waals surface area contributed by atoms with E-state index < -0.39 is 23.5 Å². The summed E-state index contributed by atoms with van der Waals surface area (Å²) in [5.41, 5.74) is 3.72. The van der Waals surface area contributed by atoms with Gasteiger partial charge in [-0.3, -0.25) is 4.90 Å². The van der Waals surface area contributed by atoms with Gasteiger partial charge in [-0.25, -0.2) is 0 Å². The number of hydrogen-bond acceptors (Lipinski definition) is 2. The Balaban J connectivity index is 1.20. The fourth-order valence-electron chi connectivity index (χ4n) is 6.96. The first-order valence-electron chi connectivity index (χ1n) is 17.3. The molecule has 6 rings (SSSR count).